The van der Waals surface area contributed by atoms with Crippen molar-refractivity contribution in [2.75, 3.05) is 31.3 Å². The molecule has 144 valence electrons. The zero-order valence-corrected chi connectivity index (χ0v) is 16.7. The molecule has 0 spiro atoms. The fourth-order valence-electron chi connectivity index (χ4n) is 3.68. The molecule has 1 saturated carbocycles. The Balaban J connectivity index is 1.88. The molecule has 1 amide bonds. The summed E-state index contributed by atoms with van der Waals surface area (Å²) in [6.45, 7) is 3.54. The number of carbonyl (C=O) groups is 1. The van der Waals surface area contributed by atoms with Gasteiger partial charge in [-0.25, -0.2) is 0 Å². The number of hydrogen-bond donors (Lipinski definition) is 1. The summed E-state index contributed by atoms with van der Waals surface area (Å²) in [6, 6.07) is 16.1. The van der Waals surface area contributed by atoms with E-state index in [9.17, 15) is 4.79 Å². The molecule has 27 heavy (non-hydrogen) atoms. The maximum absolute atomic E-state index is 13.5. The second-order valence-corrected chi connectivity index (χ2v) is 7.82. The molecule has 0 heterocycles. The quantitative estimate of drug-likeness (QED) is 0.711. The van der Waals surface area contributed by atoms with Crippen LogP contribution in [0.5, 0.6) is 0 Å². The molecule has 1 fully saturated rings. The maximum atomic E-state index is 13.5. The normalized spacial score (nSPS) is 14.6. The Morgan fingerprint density at radius 1 is 1.15 bits per heavy atom. The van der Waals surface area contributed by atoms with Gasteiger partial charge >= 0.3 is 0 Å². The molecule has 0 saturated heterocycles. The fraction of sp³-hybridized carbons (Fsp3) is 0.435. The van der Waals surface area contributed by atoms with Crippen LogP contribution in [0.15, 0.2) is 48.5 Å². The summed E-state index contributed by atoms with van der Waals surface area (Å²) in [7, 11) is 4.06. The molecule has 2 aromatic rings. The molecule has 0 aromatic heterocycles. The number of amides is 1. The van der Waals surface area contributed by atoms with Crippen LogP contribution in [0.25, 0.3) is 0 Å². The lowest BCUT2D eigenvalue weighted by atomic mass is 9.94. The van der Waals surface area contributed by atoms with Crippen LogP contribution in [0.4, 0.5) is 11.4 Å². The highest BCUT2D eigenvalue weighted by atomic mass is 16.2. The van der Waals surface area contributed by atoms with Gasteiger partial charge in [-0.3, -0.25) is 4.79 Å². The second kappa shape index (κ2) is 8.47. The molecule has 1 atom stereocenters. The van der Waals surface area contributed by atoms with E-state index in [2.05, 4.69) is 28.9 Å². The van der Waals surface area contributed by atoms with E-state index in [-0.39, 0.29) is 11.8 Å². The van der Waals surface area contributed by atoms with Crippen LogP contribution in [0, 0.1) is 5.92 Å². The number of carbonyl (C=O) groups excluding carboxylic acids is 1. The monoisotopic (exact) mass is 365 g/mol. The SMILES string of the molecule is CC[C@H](C(=O)N(Cc1cc(N)ccc1N(C)C)CC1CC1)c1ccccc1. The van der Waals surface area contributed by atoms with E-state index < -0.39 is 0 Å². The van der Waals surface area contributed by atoms with Gasteiger partial charge < -0.3 is 15.5 Å². The smallest absolute Gasteiger partial charge is 0.230 e. The van der Waals surface area contributed by atoms with Crippen molar-refractivity contribution in [3.8, 4) is 0 Å². The van der Waals surface area contributed by atoms with Gasteiger partial charge in [0.15, 0.2) is 0 Å². The van der Waals surface area contributed by atoms with Gasteiger partial charge in [0, 0.05) is 38.6 Å². The van der Waals surface area contributed by atoms with Crippen molar-refractivity contribution in [2.45, 2.75) is 38.6 Å². The molecule has 1 aliphatic carbocycles. The highest BCUT2D eigenvalue weighted by Crippen LogP contribution is 2.33. The minimum absolute atomic E-state index is 0.0891. The number of rotatable bonds is 8. The molecule has 0 bridgehead atoms. The largest absolute Gasteiger partial charge is 0.399 e. The van der Waals surface area contributed by atoms with Gasteiger partial charge in [0.25, 0.3) is 0 Å². The van der Waals surface area contributed by atoms with Gasteiger partial charge in [-0.15, -0.1) is 0 Å². The lowest BCUT2D eigenvalue weighted by Crippen LogP contribution is -2.36. The Hall–Kier alpha value is -2.49. The van der Waals surface area contributed by atoms with E-state index in [4.69, 9.17) is 5.73 Å². The van der Waals surface area contributed by atoms with Crippen LogP contribution in [-0.2, 0) is 11.3 Å². The van der Waals surface area contributed by atoms with Crippen molar-refractivity contribution in [2.24, 2.45) is 5.92 Å². The van der Waals surface area contributed by atoms with Crippen molar-refractivity contribution in [3.05, 3.63) is 59.7 Å². The van der Waals surface area contributed by atoms with Crippen molar-refractivity contribution < 1.29 is 4.79 Å². The summed E-state index contributed by atoms with van der Waals surface area (Å²) in [5.74, 6) is 0.780. The van der Waals surface area contributed by atoms with Crippen LogP contribution in [0.2, 0.25) is 0 Å². The summed E-state index contributed by atoms with van der Waals surface area (Å²) in [6.07, 6.45) is 3.26. The van der Waals surface area contributed by atoms with E-state index >= 15 is 0 Å². The number of nitrogen functional groups attached to an aromatic ring is 1. The van der Waals surface area contributed by atoms with E-state index in [1.807, 2.05) is 50.5 Å². The highest BCUT2D eigenvalue weighted by molar-refractivity contribution is 5.84. The Morgan fingerprint density at radius 2 is 1.85 bits per heavy atom. The number of hydrogen-bond acceptors (Lipinski definition) is 3. The minimum Gasteiger partial charge on any atom is -0.399 e. The van der Waals surface area contributed by atoms with Crippen LogP contribution in [0.3, 0.4) is 0 Å². The first-order valence-electron chi connectivity index (χ1n) is 9.89. The third kappa shape index (κ3) is 4.82. The molecule has 0 unspecified atom stereocenters. The Bertz CT molecular complexity index is 768. The van der Waals surface area contributed by atoms with Crippen LogP contribution in [-0.4, -0.2) is 31.4 Å². The van der Waals surface area contributed by atoms with E-state index in [1.165, 1.54) is 12.8 Å². The molecule has 2 N–H and O–H groups in total. The first kappa shape index (κ1) is 19.3. The van der Waals surface area contributed by atoms with Gasteiger partial charge in [-0.05, 0) is 54.5 Å². The Morgan fingerprint density at radius 3 is 2.44 bits per heavy atom. The molecule has 0 aliphatic heterocycles. The number of nitrogens with two attached hydrogens (primary N) is 1. The van der Waals surface area contributed by atoms with Crippen LogP contribution in [0.1, 0.15) is 43.2 Å². The average Bonchev–Trinajstić information content (AvgIpc) is 3.46. The number of benzene rings is 2. The Kier molecular flexibility index (Phi) is 6.04. The van der Waals surface area contributed by atoms with E-state index in [0.717, 1.165) is 35.5 Å². The molecule has 4 heteroatoms. The predicted molar refractivity (Wildman–Crippen MR) is 113 cm³/mol. The highest BCUT2D eigenvalue weighted by Gasteiger charge is 2.31. The lowest BCUT2D eigenvalue weighted by molar-refractivity contribution is -0.133. The standard InChI is InChI=1S/C23H31N3O/c1-4-21(18-8-6-5-7-9-18)23(27)26(15-17-10-11-17)16-19-14-20(24)12-13-22(19)25(2)3/h5-9,12-14,17,21H,4,10-11,15-16,24H2,1-3H3/t21-/m0/s1. The van der Waals surface area contributed by atoms with Crippen molar-refractivity contribution in [1.29, 1.82) is 0 Å². The lowest BCUT2D eigenvalue weighted by Gasteiger charge is -2.29. The predicted octanol–water partition coefficient (Wildman–Crippen LogP) is 4.27. The van der Waals surface area contributed by atoms with Crippen molar-refractivity contribution in [1.82, 2.24) is 4.90 Å². The zero-order valence-electron chi connectivity index (χ0n) is 16.7. The molecule has 2 aromatic carbocycles. The molecule has 0 radical (unpaired) electrons. The first-order valence-corrected chi connectivity index (χ1v) is 9.89. The van der Waals surface area contributed by atoms with Gasteiger partial charge in [0.1, 0.15) is 0 Å². The third-order valence-electron chi connectivity index (χ3n) is 5.34. The summed E-state index contributed by atoms with van der Waals surface area (Å²) in [4.78, 5) is 17.6. The van der Waals surface area contributed by atoms with Gasteiger partial charge in [0.05, 0.1) is 5.92 Å². The zero-order chi connectivity index (χ0) is 19.4. The van der Waals surface area contributed by atoms with Crippen molar-refractivity contribution in [3.63, 3.8) is 0 Å². The first-order chi connectivity index (χ1) is 13.0. The second-order valence-electron chi connectivity index (χ2n) is 7.82. The molecule has 3 rings (SSSR count). The van der Waals surface area contributed by atoms with Crippen molar-refractivity contribution >= 4 is 17.3 Å². The van der Waals surface area contributed by atoms with Crippen LogP contribution >= 0.6 is 0 Å². The molecular formula is C23H31N3O. The van der Waals surface area contributed by atoms with E-state index in [0.29, 0.717) is 12.5 Å². The molecule has 4 nitrogen and oxygen atoms in total. The summed E-state index contributed by atoms with van der Waals surface area (Å²) in [5, 5.41) is 0. The topological polar surface area (TPSA) is 49.6 Å². The van der Waals surface area contributed by atoms with Gasteiger partial charge in [0.2, 0.25) is 5.91 Å². The Labute approximate surface area is 163 Å². The fourth-order valence-corrected chi connectivity index (χ4v) is 3.68. The van der Waals surface area contributed by atoms with Gasteiger partial charge in [-0.1, -0.05) is 37.3 Å². The maximum Gasteiger partial charge on any atom is 0.230 e. The molecule has 1 aliphatic rings. The molecular weight excluding hydrogens is 334 g/mol. The van der Waals surface area contributed by atoms with Crippen LogP contribution < -0.4 is 10.6 Å². The number of nitrogens with zero attached hydrogens (tertiary/aromatic N) is 2. The average molecular weight is 366 g/mol. The summed E-state index contributed by atoms with van der Waals surface area (Å²) < 4.78 is 0. The van der Waals surface area contributed by atoms with Gasteiger partial charge in [-0.2, -0.15) is 0 Å². The van der Waals surface area contributed by atoms with E-state index in [1.54, 1.807) is 0 Å². The summed E-state index contributed by atoms with van der Waals surface area (Å²) >= 11 is 0. The minimum atomic E-state index is -0.0891. The third-order valence-corrected chi connectivity index (χ3v) is 5.34. The number of anilines is 2. The summed E-state index contributed by atoms with van der Waals surface area (Å²) in [5.41, 5.74) is 10.1.